The predicted molar refractivity (Wildman–Crippen MR) is 57.0 cm³/mol. The van der Waals surface area contributed by atoms with Crippen molar-refractivity contribution >= 4 is 11.9 Å². The van der Waals surface area contributed by atoms with E-state index < -0.39 is 17.4 Å². The summed E-state index contributed by atoms with van der Waals surface area (Å²) in [5.41, 5.74) is -0.607. The van der Waals surface area contributed by atoms with Gasteiger partial charge in [0.05, 0.1) is 11.3 Å². The van der Waals surface area contributed by atoms with Crippen molar-refractivity contribution in [1.29, 1.82) is 0 Å². The third-order valence-corrected chi connectivity index (χ3v) is 4.49. The molecule has 2 N–H and O–H groups in total. The predicted octanol–water partition coefficient (Wildman–Crippen LogP) is 2.13. The molecule has 0 amide bonds. The van der Waals surface area contributed by atoms with Crippen LogP contribution in [0.15, 0.2) is 0 Å². The number of carboxylic acid groups (broad SMARTS) is 2. The molecule has 0 bridgehead atoms. The highest BCUT2D eigenvalue weighted by molar-refractivity contribution is 5.76. The maximum Gasteiger partial charge on any atom is 0.309 e. The molecule has 0 radical (unpaired) electrons. The van der Waals surface area contributed by atoms with Crippen molar-refractivity contribution in [3.05, 3.63) is 0 Å². The van der Waals surface area contributed by atoms with Crippen molar-refractivity contribution in [1.82, 2.24) is 0 Å². The molecular formula is C12H18O4. The van der Waals surface area contributed by atoms with Gasteiger partial charge < -0.3 is 10.2 Å². The van der Waals surface area contributed by atoms with E-state index in [-0.39, 0.29) is 11.8 Å². The summed E-state index contributed by atoms with van der Waals surface area (Å²) in [6, 6.07) is 0. The van der Waals surface area contributed by atoms with Gasteiger partial charge in [0.1, 0.15) is 0 Å². The van der Waals surface area contributed by atoms with Crippen LogP contribution in [0.2, 0.25) is 0 Å². The molecule has 0 saturated heterocycles. The summed E-state index contributed by atoms with van der Waals surface area (Å²) < 4.78 is 0. The van der Waals surface area contributed by atoms with Crippen LogP contribution in [0.1, 0.15) is 44.9 Å². The van der Waals surface area contributed by atoms with Crippen molar-refractivity contribution in [2.45, 2.75) is 44.9 Å². The first-order valence-electron chi connectivity index (χ1n) is 6.02. The molecule has 2 aliphatic carbocycles. The van der Waals surface area contributed by atoms with Gasteiger partial charge in [-0.1, -0.05) is 12.8 Å². The fourth-order valence-electron chi connectivity index (χ4n) is 3.49. The monoisotopic (exact) mass is 226 g/mol. The Labute approximate surface area is 94.7 Å². The first kappa shape index (κ1) is 11.4. The number of aliphatic carboxylic acids is 2. The van der Waals surface area contributed by atoms with Gasteiger partial charge >= 0.3 is 11.9 Å². The molecule has 2 aliphatic rings. The van der Waals surface area contributed by atoms with Gasteiger partial charge in [-0.25, -0.2) is 0 Å². The summed E-state index contributed by atoms with van der Waals surface area (Å²) >= 11 is 0. The van der Waals surface area contributed by atoms with Crippen molar-refractivity contribution in [3.63, 3.8) is 0 Å². The lowest BCUT2D eigenvalue weighted by molar-refractivity contribution is -0.163. The van der Waals surface area contributed by atoms with Gasteiger partial charge in [0.15, 0.2) is 0 Å². The number of carbonyl (C=O) groups is 2. The summed E-state index contributed by atoms with van der Waals surface area (Å²) in [5, 5.41) is 18.4. The van der Waals surface area contributed by atoms with Gasteiger partial charge in [0.2, 0.25) is 0 Å². The summed E-state index contributed by atoms with van der Waals surface area (Å²) in [5.74, 6) is -1.71. The van der Waals surface area contributed by atoms with Gasteiger partial charge in [-0.15, -0.1) is 0 Å². The number of hydrogen-bond donors (Lipinski definition) is 2. The topological polar surface area (TPSA) is 74.6 Å². The Hall–Kier alpha value is -1.06. The van der Waals surface area contributed by atoms with Crippen molar-refractivity contribution in [3.8, 4) is 0 Å². The zero-order chi connectivity index (χ0) is 11.8. The van der Waals surface area contributed by atoms with Crippen molar-refractivity contribution in [2.24, 2.45) is 17.3 Å². The molecule has 2 saturated carbocycles. The Balaban J connectivity index is 2.18. The Kier molecular flexibility index (Phi) is 2.91. The SMILES string of the molecule is O=C(O)C1CCC2(C(=O)O)CCCCC2C1. The molecule has 0 aromatic heterocycles. The van der Waals surface area contributed by atoms with E-state index in [1.807, 2.05) is 0 Å². The third kappa shape index (κ3) is 1.70. The average molecular weight is 226 g/mol. The van der Waals surface area contributed by atoms with Crippen LogP contribution in [-0.4, -0.2) is 22.2 Å². The molecule has 2 rings (SSSR count). The zero-order valence-electron chi connectivity index (χ0n) is 9.32. The Morgan fingerprint density at radius 1 is 1.06 bits per heavy atom. The van der Waals surface area contributed by atoms with Gasteiger partial charge in [-0.05, 0) is 38.0 Å². The summed E-state index contributed by atoms with van der Waals surface area (Å²) in [6.07, 6.45) is 5.27. The van der Waals surface area contributed by atoms with Crippen molar-refractivity contribution < 1.29 is 19.8 Å². The highest BCUT2D eigenvalue weighted by Crippen LogP contribution is 2.52. The number of fused-ring (bicyclic) bond motifs is 1. The van der Waals surface area contributed by atoms with Crippen LogP contribution in [0.25, 0.3) is 0 Å². The zero-order valence-corrected chi connectivity index (χ0v) is 9.32. The average Bonchev–Trinajstić information content (AvgIpc) is 2.27. The second kappa shape index (κ2) is 4.07. The molecule has 0 heterocycles. The Bertz CT molecular complexity index is 312. The number of hydrogen-bond acceptors (Lipinski definition) is 2. The first-order chi connectivity index (χ1) is 7.56. The molecule has 4 nitrogen and oxygen atoms in total. The molecule has 2 fully saturated rings. The molecule has 0 aromatic carbocycles. The van der Waals surface area contributed by atoms with E-state index in [0.717, 1.165) is 25.7 Å². The van der Waals surface area contributed by atoms with Gasteiger partial charge in [-0.2, -0.15) is 0 Å². The van der Waals surface area contributed by atoms with E-state index in [2.05, 4.69) is 0 Å². The second-order valence-corrected chi connectivity index (χ2v) is 5.21. The van der Waals surface area contributed by atoms with Crippen molar-refractivity contribution in [2.75, 3.05) is 0 Å². The number of rotatable bonds is 2. The minimum atomic E-state index is -0.760. The quantitative estimate of drug-likeness (QED) is 0.756. The minimum absolute atomic E-state index is 0.0774. The molecule has 0 aliphatic heterocycles. The van der Waals surface area contributed by atoms with E-state index in [9.17, 15) is 14.7 Å². The van der Waals surface area contributed by atoms with Crippen LogP contribution in [0.5, 0.6) is 0 Å². The molecule has 16 heavy (non-hydrogen) atoms. The van der Waals surface area contributed by atoms with E-state index in [4.69, 9.17) is 5.11 Å². The largest absolute Gasteiger partial charge is 0.481 e. The third-order valence-electron chi connectivity index (χ3n) is 4.49. The van der Waals surface area contributed by atoms with Gasteiger partial charge in [0.25, 0.3) is 0 Å². The maximum atomic E-state index is 11.4. The van der Waals surface area contributed by atoms with Crippen LogP contribution < -0.4 is 0 Å². The fourth-order valence-corrected chi connectivity index (χ4v) is 3.49. The van der Waals surface area contributed by atoms with Crippen LogP contribution in [0, 0.1) is 17.3 Å². The van der Waals surface area contributed by atoms with Crippen LogP contribution in [0.4, 0.5) is 0 Å². The highest BCUT2D eigenvalue weighted by Gasteiger charge is 2.51. The lowest BCUT2D eigenvalue weighted by Crippen LogP contribution is -2.46. The van der Waals surface area contributed by atoms with Crippen LogP contribution in [0.3, 0.4) is 0 Å². The first-order valence-corrected chi connectivity index (χ1v) is 6.02. The lowest BCUT2D eigenvalue weighted by atomic mass is 9.57. The van der Waals surface area contributed by atoms with Gasteiger partial charge in [-0.3, -0.25) is 9.59 Å². The number of carboxylic acids is 2. The highest BCUT2D eigenvalue weighted by atomic mass is 16.4. The van der Waals surface area contributed by atoms with E-state index in [1.165, 1.54) is 0 Å². The summed E-state index contributed by atoms with van der Waals surface area (Å²) in [6.45, 7) is 0. The minimum Gasteiger partial charge on any atom is -0.481 e. The Morgan fingerprint density at radius 2 is 1.81 bits per heavy atom. The standard InChI is InChI=1S/C12H18O4/c13-10(14)8-4-6-12(11(15)16)5-2-1-3-9(12)7-8/h8-9H,1-7H2,(H,13,14)(H,15,16). The van der Waals surface area contributed by atoms with Crippen LogP contribution in [-0.2, 0) is 9.59 Å². The Morgan fingerprint density at radius 3 is 2.44 bits per heavy atom. The molecule has 4 heteroatoms. The van der Waals surface area contributed by atoms with E-state index in [0.29, 0.717) is 19.3 Å². The van der Waals surface area contributed by atoms with Gasteiger partial charge in [0, 0.05) is 0 Å². The molecular weight excluding hydrogens is 208 g/mol. The van der Waals surface area contributed by atoms with E-state index in [1.54, 1.807) is 0 Å². The smallest absolute Gasteiger partial charge is 0.309 e. The van der Waals surface area contributed by atoms with Crippen LogP contribution >= 0.6 is 0 Å². The normalized spacial score (nSPS) is 38.8. The maximum absolute atomic E-state index is 11.4. The molecule has 0 spiro atoms. The van der Waals surface area contributed by atoms with E-state index >= 15 is 0 Å². The lowest BCUT2D eigenvalue weighted by Gasteiger charge is -2.45. The molecule has 3 unspecified atom stereocenters. The summed E-state index contributed by atoms with van der Waals surface area (Å²) in [7, 11) is 0. The molecule has 3 atom stereocenters. The second-order valence-electron chi connectivity index (χ2n) is 5.21. The fraction of sp³-hybridized carbons (Fsp3) is 0.833. The molecule has 0 aromatic rings. The molecule has 90 valence electrons. The summed E-state index contributed by atoms with van der Waals surface area (Å²) in [4.78, 5) is 22.4.